The minimum atomic E-state index is -0.954. The molecule has 2 aromatic rings. The molecule has 0 aliphatic carbocycles. The van der Waals surface area contributed by atoms with Crippen molar-refractivity contribution in [3.8, 4) is 0 Å². The molecule has 0 atom stereocenters. The molecular weight excluding hydrogens is 358 g/mol. The number of carboxylic acid groups (broad SMARTS) is 1. The number of benzene rings is 2. The average Bonchev–Trinajstić information content (AvgIpc) is 2.40. The molecule has 0 saturated carbocycles. The number of aliphatic carboxylic acids is 1. The molecule has 2 rings (SSSR count). The fourth-order valence-electron chi connectivity index (χ4n) is 1.82. The van der Waals surface area contributed by atoms with E-state index >= 15 is 0 Å². The first kappa shape index (κ1) is 15.5. The Morgan fingerprint density at radius 3 is 2.57 bits per heavy atom. The minimum Gasteiger partial charge on any atom is -0.481 e. The summed E-state index contributed by atoms with van der Waals surface area (Å²) in [6.45, 7) is 0. The molecule has 4 nitrogen and oxygen atoms in total. The molecule has 0 radical (unpaired) electrons. The van der Waals surface area contributed by atoms with Crippen LogP contribution in [-0.4, -0.2) is 17.0 Å². The number of halogens is 2. The number of carbonyl (C=O) groups excluding carboxylic acids is 1. The Labute approximate surface area is 134 Å². The zero-order valence-corrected chi connectivity index (χ0v) is 13.1. The lowest BCUT2D eigenvalue weighted by atomic mass is 10.1. The van der Waals surface area contributed by atoms with E-state index in [4.69, 9.17) is 16.7 Å². The van der Waals surface area contributed by atoms with Crippen LogP contribution in [0.5, 0.6) is 0 Å². The van der Waals surface area contributed by atoms with Crippen molar-refractivity contribution in [2.24, 2.45) is 0 Å². The smallest absolute Gasteiger partial charge is 0.307 e. The standard InChI is InChI=1S/C15H11BrClNO3/c16-12-8-10(17)5-6-11(12)15(21)18-13-4-2-1-3-9(13)7-14(19)20/h1-6,8H,7H2,(H,18,21)(H,19,20). The maximum absolute atomic E-state index is 12.3. The van der Waals surface area contributed by atoms with Gasteiger partial charge in [-0.1, -0.05) is 29.8 Å². The predicted octanol–water partition coefficient (Wildman–Crippen LogP) is 3.98. The number of rotatable bonds is 4. The summed E-state index contributed by atoms with van der Waals surface area (Å²) in [5.74, 6) is -1.29. The van der Waals surface area contributed by atoms with Gasteiger partial charge in [0.2, 0.25) is 0 Å². The summed E-state index contributed by atoms with van der Waals surface area (Å²) >= 11 is 9.12. The van der Waals surface area contributed by atoms with E-state index in [1.807, 2.05) is 0 Å². The van der Waals surface area contributed by atoms with Gasteiger partial charge in [-0.3, -0.25) is 9.59 Å². The highest BCUT2D eigenvalue weighted by Gasteiger charge is 2.13. The van der Waals surface area contributed by atoms with Crippen LogP contribution in [0.25, 0.3) is 0 Å². The number of carboxylic acids is 1. The summed E-state index contributed by atoms with van der Waals surface area (Å²) < 4.78 is 0.572. The number of anilines is 1. The van der Waals surface area contributed by atoms with E-state index < -0.39 is 5.97 Å². The van der Waals surface area contributed by atoms with Crippen molar-refractivity contribution in [3.05, 3.63) is 63.1 Å². The molecule has 21 heavy (non-hydrogen) atoms. The Kier molecular flexibility index (Phi) is 4.98. The molecule has 0 saturated heterocycles. The molecule has 0 heterocycles. The number of nitrogens with one attached hydrogen (secondary N) is 1. The summed E-state index contributed by atoms with van der Waals surface area (Å²) in [5, 5.41) is 12.1. The third kappa shape index (κ3) is 4.06. The quantitative estimate of drug-likeness (QED) is 0.858. The summed E-state index contributed by atoms with van der Waals surface area (Å²) in [6.07, 6.45) is -0.155. The lowest BCUT2D eigenvalue weighted by Crippen LogP contribution is -2.15. The normalized spacial score (nSPS) is 10.2. The average molecular weight is 369 g/mol. The zero-order chi connectivity index (χ0) is 15.4. The fraction of sp³-hybridized carbons (Fsp3) is 0.0667. The van der Waals surface area contributed by atoms with Gasteiger partial charge in [0, 0.05) is 15.2 Å². The molecular formula is C15H11BrClNO3. The van der Waals surface area contributed by atoms with Crippen LogP contribution < -0.4 is 5.32 Å². The molecule has 0 bridgehead atoms. The summed E-state index contributed by atoms with van der Waals surface area (Å²) in [4.78, 5) is 23.1. The maximum atomic E-state index is 12.3. The minimum absolute atomic E-state index is 0.155. The van der Waals surface area contributed by atoms with Crippen LogP contribution in [0, 0.1) is 0 Å². The van der Waals surface area contributed by atoms with Crippen molar-refractivity contribution in [1.29, 1.82) is 0 Å². The monoisotopic (exact) mass is 367 g/mol. The van der Waals surface area contributed by atoms with Crippen molar-refractivity contribution in [2.75, 3.05) is 5.32 Å². The van der Waals surface area contributed by atoms with E-state index in [1.165, 1.54) is 0 Å². The van der Waals surface area contributed by atoms with Crippen molar-refractivity contribution < 1.29 is 14.7 Å². The molecule has 0 aliphatic heterocycles. The first-order valence-corrected chi connectivity index (χ1v) is 7.20. The molecule has 0 fully saturated rings. The van der Waals surface area contributed by atoms with E-state index in [9.17, 15) is 9.59 Å². The second-order valence-electron chi connectivity index (χ2n) is 4.31. The second-order valence-corrected chi connectivity index (χ2v) is 5.60. The van der Waals surface area contributed by atoms with E-state index in [0.717, 1.165) is 0 Å². The van der Waals surface area contributed by atoms with E-state index in [-0.39, 0.29) is 12.3 Å². The van der Waals surface area contributed by atoms with Crippen LogP contribution >= 0.6 is 27.5 Å². The molecule has 2 aromatic carbocycles. The molecule has 2 N–H and O–H groups in total. The Balaban J connectivity index is 2.25. The van der Waals surface area contributed by atoms with Gasteiger partial charge < -0.3 is 10.4 Å². The Morgan fingerprint density at radius 2 is 1.90 bits per heavy atom. The van der Waals surface area contributed by atoms with E-state index in [0.29, 0.717) is 26.3 Å². The molecule has 0 unspecified atom stereocenters. The Hall–Kier alpha value is -1.85. The lowest BCUT2D eigenvalue weighted by molar-refractivity contribution is -0.136. The topological polar surface area (TPSA) is 66.4 Å². The van der Waals surface area contributed by atoms with E-state index in [1.54, 1.807) is 42.5 Å². The highest BCUT2D eigenvalue weighted by molar-refractivity contribution is 9.10. The van der Waals surface area contributed by atoms with Gasteiger partial charge >= 0.3 is 5.97 Å². The van der Waals surface area contributed by atoms with Crippen LogP contribution in [0.4, 0.5) is 5.69 Å². The summed E-state index contributed by atoms with van der Waals surface area (Å²) in [7, 11) is 0. The molecule has 6 heteroatoms. The van der Waals surface area contributed by atoms with Gasteiger partial charge in [-0.15, -0.1) is 0 Å². The molecule has 0 aromatic heterocycles. The van der Waals surface area contributed by atoms with Crippen LogP contribution in [0.15, 0.2) is 46.9 Å². The number of amides is 1. The number of para-hydroxylation sites is 1. The highest BCUT2D eigenvalue weighted by atomic mass is 79.9. The van der Waals surface area contributed by atoms with Gasteiger partial charge in [0.25, 0.3) is 5.91 Å². The second kappa shape index (κ2) is 6.74. The predicted molar refractivity (Wildman–Crippen MR) is 84.9 cm³/mol. The fourth-order valence-corrected chi connectivity index (χ4v) is 2.69. The zero-order valence-electron chi connectivity index (χ0n) is 10.8. The van der Waals surface area contributed by atoms with Crippen LogP contribution in [0.2, 0.25) is 5.02 Å². The van der Waals surface area contributed by atoms with Gasteiger partial charge in [-0.25, -0.2) is 0 Å². The van der Waals surface area contributed by atoms with Crippen LogP contribution in [-0.2, 0) is 11.2 Å². The third-order valence-corrected chi connectivity index (χ3v) is 3.67. The highest BCUT2D eigenvalue weighted by Crippen LogP contribution is 2.23. The first-order chi connectivity index (χ1) is 9.97. The van der Waals surface area contributed by atoms with Crippen molar-refractivity contribution >= 4 is 45.1 Å². The molecule has 108 valence electrons. The van der Waals surface area contributed by atoms with Crippen LogP contribution in [0.1, 0.15) is 15.9 Å². The van der Waals surface area contributed by atoms with Crippen molar-refractivity contribution in [3.63, 3.8) is 0 Å². The maximum Gasteiger partial charge on any atom is 0.307 e. The molecule has 0 spiro atoms. The van der Waals surface area contributed by atoms with Crippen LogP contribution in [0.3, 0.4) is 0 Å². The Bertz CT molecular complexity index is 703. The van der Waals surface area contributed by atoms with Gasteiger partial charge in [-0.05, 0) is 45.8 Å². The summed E-state index contributed by atoms with van der Waals surface area (Å²) in [5.41, 5.74) is 1.44. The molecule has 1 amide bonds. The third-order valence-electron chi connectivity index (χ3n) is 2.78. The number of hydrogen-bond acceptors (Lipinski definition) is 2. The number of hydrogen-bond donors (Lipinski definition) is 2. The number of carbonyl (C=O) groups is 2. The first-order valence-electron chi connectivity index (χ1n) is 6.03. The van der Waals surface area contributed by atoms with Gasteiger partial charge in [0.15, 0.2) is 0 Å². The van der Waals surface area contributed by atoms with Crippen molar-refractivity contribution in [2.45, 2.75) is 6.42 Å². The van der Waals surface area contributed by atoms with Gasteiger partial charge in [-0.2, -0.15) is 0 Å². The van der Waals surface area contributed by atoms with Gasteiger partial charge in [0.05, 0.1) is 12.0 Å². The lowest BCUT2D eigenvalue weighted by Gasteiger charge is -2.10. The SMILES string of the molecule is O=C(O)Cc1ccccc1NC(=O)c1ccc(Cl)cc1Br. The Morgan fingerprint density at radius 1 is 1.19 bits per heavy atom. The largest absolute Gasteiger partial charge is 0.481 e. The summed E-state index contributed by atoms with van der Waals surface area (Å²) in [6, 6.07) is 11.6. The van der Waals surface area contributed by atoms with Crippen molar-refractivity contribution in [1.82, 2.24) is 0 Å². The van der Waals surface area contributed by atoms with Gasteiger partial charge in [0.1, 0.15) is 0 Å². The van der Waals surface area contributed by atoms with E-state index in [2.05, 4.69) is 21.2 Å². The molecule has 0 aliphatic rings.